The molecule has 0 spiro atoms. The quantitative estimate of drug-likeness (QED) is 0.505. The maximum absolute atomic E-state index is 12.6. The summed E-state index contributed by atoms with van der Waals surface area (Å²) < 4.78 is 5.46. The second kappa shape index (κ2) is 9.93. The molecule has 8 nitrogen and oxygen atoms in total. The van der Waals surface area contributed by atoms with Crippen LogP contribution in [0.5, 0.6) is 0 Å². The average molecular weight is 419 g/mol. The third-order valence-corrected chi connectivity index (χ3v) is 6.10. The minimum atomic E-state index is -0.447. The smallest absolute Gasteiger partial charge is 0.274 e. The summed E-state index contributed by atoms with van der Waals surface area (Å²) in [4.78, 5) is 26.9. The largest absolute Gasteiger partial charge is 0.379 e. The molecule has 1 aromatic carbocycles. The number of hydrogen-bond acceptors (Lipinski definition) is 7. The first-order valence-electron chi connectivity index (χ1n) is 9.61. The molecule has 1 amide bonds. The number of rotatable bonds is 8. The first kappa shape index (κ1) is 21.4. The van der Waals surface area contributed by atoms with Crippen LogP contribution in [0.1, 0.15) is 23.4 Å². The lowest BCUT2D eigenvalue weighted by Gasteiger charge is -2.34. The van der Waals surface area contributed by atoms with Crippen LogP contribution in [0.3, 0.4) is 0 Å². The van der Waals surface area contributed by atoms with Gasteiger partial charge in [-0.05, 0) is 31.4 Å². The summed E-state index contributed by atoms with van der Waals surface area (Å²) in [5, 5.41) is 19.3. The second-order valence-electron chi connectivity index (χ2n) is 7.01. The van der Waals surface area contributed by atoms with Crippen molar-refractivity contribution < 1.29 is 14.5 Å². The molecule has 2 N–H and O–H groups in total. The number of nitrogens with one attached hydrogen (secondary N) is 2. The van der Waals surface area contributed by atoms with Crippen LogP contribution in [0.15, 0.2) is 35.7 Å². The van der Waals surface area contributed by atoms with Crippen LogP contribution >= 0.6 is 11.3 Å². The predicted octanol–water partition coefficient (Wildman–Crippen LogP) is 2.95. The third-order valence-electron chi connectivity index (χ3n) is 5.13. The zero-order valence-electron chi connectivity index (χ0n) is 16.6. The minimum absolute atomic E-state index is 0.00603. The van der Waals surface area contributed by atoms with Crippen LogP contribution in [0.25, 0.3) is 0 Å². The van der Waals surface area contributed by atoms with E-state index in [9.17, 15) is 14.9 Å². The first-order chi connectivity index (χ1) is 14.0. The molecule has 1 aliphatic heterocycles. The lowest BCUT2D eigenvalue weighted by Crippen LogP contribution is -2.46. The molecule has 1 aliphatic rings. The van der Waals surface area contributed by atoms with Gasteiger partial charge in [-0.25, -0.2) is 0 Å². The number of carbonyl (C=O) groups is 1. The van der Waals surface area contributed by atoms with Crippen LogP contribution in [0.2, 0.25) is 0 Å². The Balaban J connectivity index is 1.62. The van der Waals surface area contributed by atoms with Crippen LogP contribution in [0, 0.1) is 17.0 Å². The van der Waals surface area contributed by atoms with E-state index in [2.05, 4.69) is 27.0 Å². The van der Waals surface area contributed by atoms with E-state index in [1.807, 2.05) is 6.07 Å². The number of ether oxygens (including phenoxy) is 1. The summed E-state index contributed by atoms with van der Waals surface area (Å²) in [5.74, 6) is -0.222. The Morgan fingerprint density at radius 3 is 2.72 bits per heavy atom. The zero-order valence-corrected chi connectivity index (χ0v) is 17.4. The first-order valence-corrected chi connectivity index (χ1v) is 10.5. The lowest BCUT2D eigenvalue weighted by molar-refractivity contribution is -0.385. The van der Waals surface area contributed by atoms with Gasteiger partial charge in [-0.15, -0.1) is 11.3 Å². The molecule has 9 heteroatoms. The number of amides is 1. The molecule has 2 atom stereocenters. The van der Waals surface area contributed by atoms with Crippen molar-refractivity contribution in [1.29, 1.82) is 0 Å². The Morgan fingerprint density at radius 1 is 1.31 bits per heavy atom. The lowest BCUT2D eigenvalue weighted by atomic mass is 10.1. The molecule has 0 radical (unpaired) electrons. The van der Waals surface area contributed by atoms with Gasteiger partial charge in [0.2, 0.25) is 5.91 Å². The Morgan fingerprint density at radius 2 is 2.07 bits per heavy atom. The van der Waals surface area contributed by atoms with Gasteiger partial charge in [0.05, 0.1) is 41.5 Å². The van der Waals surface area contributed by atoms with Gasteiger partial charge in [-0.1, -0.05) is 12.1 Å². The van der Waals surface area contributed by atoms with E-state index in [1.54, 1.807) is 37.3 Å². The van der Waals surface area contributed by atoms with E-state index in [-0.39, 0.29) is 17.6 Å². The standard InChI is InChI=1S/C20H26N4O4S/c1-14-16(5-3-6-17(14)24(26)27)22-20(25)15(2)21-13-18(19-7-4-12-29-19)23-8-10-28-11-9-23/h3-7,12,15,18,21H,8-11,13H2,1-2H3,(H,22,25). The van der Waals surface area contributed by atoms with Gasteiger partial charge in [0.1, 0.15) is 0 Å². The van der Waals surface area contributed by atoms with E-state index in [0.717, 1.165) is 13.1 Å². The Labute approximate surface area is 174 Å². The number of nitro benzene ring substituents is 1. The third kappa shape index (κ3) is 5.39. The molecule has 0 bridgehead atoms. The molecule has 3 rings (SSSR count). The van der Waals surface area contributed by atoms with Crippen molar-refractivity contribution in [2.75, 3.05) is 38.2 Å². The number of benzene rings is 1. The van der Waals surface area contributed by atoms with Gasteiger partial charge in [-0.3, -0.25) is 19.8 Å². The predicted molar refractivity (Wildman–Crippen MR) is 113 cm³/mol. The van der Waals surface area contributed by atoms with Gasteiger partial charge in [0.15, 0.2) is 0 Å². The summed E-state index contributed by atoms with van der Waals surface area (Å²) >= 11 is 1.71. The number of nitrogens with zero attached hydrogens (tertiary/aromatic N) is 2. The van der Waals surface area contributed by atoms with Crippen molar-refractivity contribution in [3.63, 3.8) is 0 Å². The fourth-order valence-corrected chi connectivity index (χ4v) is 4.22. The molecule has 1 saturated heterocycles. The van der Waals surface area contributed by atoms with Gasteiger partial charge in [0, 0.05) is 30.6 Å². The Kier molecular flexibility index (Phi) is 7.32. The molecular formula is C20H26N4O4S. The van der Waals surface area contributed by atoms with Crippen LogP contribution in [-0.2, 0) is 9.53 Å². The van der Waals surface area contributed by atoms with Crippen LogP contribution in [0.4, 0.5) is 11.4 Å². The van der Waals surface area contributed by atoms with Crippen molar-refractivity contribution in [2.24, 2.45) is 0 Å². The summed E-state index contributed by atoms with van der Waals surface area (Å²) in [7, 11) is 0. The molecule has 1 fully saturated rings. The molecule has 2 aromatic rings. The maximum atomic E-state index is 12.6. The fraction of sp³-hybridized carbons (Fsp3) is 0.450. The van der Waals surface area contributed by atoms with Crippen molar-refractivity contribution in [1.82, 2.24) is 10.2 Å². The summed E-state index contributed by atoms with van der Waals surface area (Å²) in [6, 6.07) is 8.56. The Bertz CT molecular complexity index is 837. The van der Waals surface area contributed by atoms with E-state index < -0.39 is 11.0 Å². The van der Waals surface area contributed by atoms with Crippen molar-refractivity contribution in [2.45, 2.75) is 25.9 Å². The van der Waals surface area contributed by atoms with Crippen LogP contribution in [-0.4, -0.2) is 54.6 Å². The SMILES string of the molecule is Cc1c(NC(=O)C(C)NCC(c2cccs2)N2CCOCC2)cccc1[N+](=O)[O-]. The van der Waals surface area contributed by atoms with Crippen molar-refractivity contribution in [3.8, 4) is 0 Å². The zero-order chi connectivity index (χ0) is 20.8. The molecule has 0 aliphatic carbocycles. The van der Waals surface area contributed by atoms with Gasteiger partial charge < -0.3 is 15.4 Å². The molecular weight excluding hydrogens is 392 g/mol. The monoisotopic (exact) mass is 418 g/mol. The van der Waals surface area contributed by atoms with E-state index in [0.29, 0.717) is 31.0 Å². The highest BCUT2D eigenvalue weighted by molar-refractivity contribution is 7.10. The molecule has 29 heavy (non-hydrogen) atoms. The molecule has 156 valence electrons. The minimum Gasteiger partial charge on any atom is -0.379 e. The highest BCUT2D eigenvalue weighted by Gasteiger charge is 2.25. The number of carbonyl (C=O) groups excluding carboxylic acids is 1. The Hall–Kier alpha value is -2.33. The number of nitro groups is 1. The average Bonchev–Trinajstić information content (AvgIpc) is 3.24. The maximum Gasteiger partial charge on any atom is 0.274 e. The van der Waals surface area contributed by atoms with Gasteiger partial charge in [-0.2, -0.15) is 0 Å². The molecule has 2 heterocycles. The van der Waals surface area contributed by atoms with Crippen LogP contribution < -0.4 is 10.6 Å². The number of anilines is 1. The fourth-order valence-electron chi connectivity index (χ4n) is 3.36. The topological polar surface area (TPSA) is 96.7 Å². The molecule has 0 saturated carbocycles. The highest BCUT2D eigenvalue weighted by Crippen LogP contribution is 2.26. The van der Waals surface area contributed by atoms with Crippen molar-refractivity contribution >= 4 is 28.6 Å². The van der Waals surface area contributed by atoms with E-state index in [4.69, 9.17) is 4.74 Å². The molecule has 2 unspecified atom stereocenters. The molecule has 1 aromatic heterocycles. The summed E-state index contributed by atoms with van der Waals surface area (Å²) in [6.45, 7) is 7.20. The second-order valence-corrected chi connectivity index (χ2v) is 7.98. The number of hydrogen-bond donors (Lipinski definition) is 2. The summed E-state index contributed by atoms with van der Waals surface area (Å²) in [5.41, 5.74) is 0.900. The summed E-state index contributed by atoms with van der Waals surface area (Å²) in [6.07, 6.45) is 0. The number of thiophene rings is 1. The van der Waals surface area contributed by atoms with Gasteiger partial charge in [0.25, 0.3) is 5.69 Å². The van der Waals surface area contributed by atoms with E-state index >= 15 is 0 Å². The van der Waals surface area contributed by atoms with E-state index in [1.165, 1.54) is 10.9 Å². The van der Waals surface area contributed by atoms with Crippen molar-refractivity contribution in [3.05, 3.63) is 56.3 Å². The highest BCUT2D eigenvalue weighted by atomic mass is 32.1. The number of morpholine rings is 1. The normalized spacial score (nSPS) is 16.9. The van der Waals surface area contributed by atoms with Gasteiger partial charge >= 0.3 is 0 Å².